The molecule has 2 unspecified atom stereocenters. The number of nitrogens with zero attached hydrogens (tertiary/aromatic N) is 1. The first-order chi connectivity index (χ1) is 9.04. The molecule has 1 aliphatic rings. The van der Waals surface area contributed by atoms with Crippen molar-refractivity contribution in [3.8, 4) is 0 Å². The number of para-hydroxylation sites is 1. The van der Waals surface area contributed by atoms with Gasteiger partial charge < -0.3 is 15.3 Å². The molecule has 5 heteroatoms. The van der Waals surface area contributed by atoms with Crippen LogP contribution in [-0.2, 0) is 0 Å². The average molecular weight is 266 g/mol. The fraction of sp³-hybridized carbons (Fsp3) is 0.500. The van der Waals surface area contributed by atoms with E-state index >= 15 is 0 Å². The van der Waals surface area contributed by atoms with Gasteiger partial charge in [-0.3, -0.25) is 4.79 Å². The SMILES string of the molecule is CNc1c(F)cccc1C(=O)N1CCC(O)C(C)C1. The van der Waals surface area contributed by atoms with Crippen LogP contribution in [0, 0.1) is 11.7 Å². The third kappa shape index (κ3) is 2.71. The maximum Gasteiger partial charge on any atom is 0.256 e. The number of anilines is 1. The highest BCUT2D eigenvalue weighted by atomic mass is 19.1. The van der Waals surface area contributed by atoms with Crippen LogP contribution in [0.4, 0.5) is 10.1 Å². The highest BCUT2D eigenvalue weighted by molar-refractivity contribution is 5.99. The van der Waals surface area contributed by atoms with E-state index in [9.17, 15) is 14.3 Å². The van der Waals surface area contributed by atoms with Crippen molar-refractivity contribution in [1.82, 2.24) is 4.90 Å². The van der Waals surface area contributed by atoms with Gasteiger partial charge in [-0.2, -0.15) is 0 Å². The summed E-state index contributed by atoms with van der Waals surface area (Å²) in [4.78, 5) is 14.1. The molecule has 1 amide bonds. The molecule has 1 aromatic carbocycles. The molecule has 0 aliphatic carbocycles. The Balaban J connectivity index is 2.23. The van der Waals surface area contributed by atoms with E-state index in [0.29, 0.717) is 25.1 Å². The molecule has 1 aromatic rings. The first kappa shape index (κ1) is 13.8. The molecule has 1 aliphatic heterocycles. The van der Waals surface area contributed by atoms with Gasteiger partial charge in [-0.25, -0.2) is 4.39 Å². The van der Waals surface area contributed by atoms with Crippen LogP contribution in [0.5, 0.6) is 0 Å². The van der Waals surface area contributed by atoms with Gasteiger partial charge in [0.2, 0.25) is 0 Å². The maximum atomic E-state index is 13.6. The molecule has 19 heavy (non-hydrogen) atoms. The third-order valence-corrected chi connectivity index (χ3v) is 3.64. The summed E-state index contributed by atoms with van der Waals surface area (Å²) in [5.41, 5.74) is 0.567. The number of nitrogens with one attached hydrogen (secondary N) is 1. The lowest BCUT2D eigenvalue weighted by Crippen LogP contribution is -2.45. The number of carbonyl (C=O) groups is 1. The van der Waals surface area contributed by atoms with E-state index in [2.05, 4.69) is 5.32 Å². The van der Waals surface area contributed by atoms with Gasteiger partial charge in [0.15, 0.2) is 0 Å². The standard InChI is InChI=1S/C14H19FN2O2/c1-9-8-17(7-6-12(9)18)14(19)10-4-3-5-11(15)13(10)16-2/h3-5,9,12,16,18H,6-8H2,1-2H3. The second-order valence-electron chi connectivity index (χ2n) is 5.00. The average Bonchev–Trinajstić information content (AvgIpc) is 2.40. The summed E-state index contributed by atoms with van der Waals surface area (Å²) in [5, 5.41) is 12.4. The molecular weight excluding hydrogens is 247 g/mol. The number of amides is 1. The number of piperidine rings is 1. The number of carbonyl (C=O) groups excluding carboxylic acids is 1. The number of hydrogen-bond acceptors (Lipinski definition) is 3. The van der Waals surface area contributed by atoms with Crippen molar-refractivity contribution in [2.75, 3.05) is 25.5 Å². The van der Waals surface area contributed by atoms with Crippen molar-refractivity contribution in [3.05, 3.63) is 29.6 Å². The lowest BCUT2D eigenvalue weighted by Gasteiger charge is -2.34. The fourth-order valence-corrected chi connectivity index (χ4v) is 2.44. The van der Waals surface area contributed by atoms with Crippen LogP contribution in [0.2, 0.25) is 0 Å². The van der Waals surface area contributed by atoms with Crippen LogP contribution >= 0.6 is 0 Å². The Morgan fingerprint density at radius 3 is 2.89 bits per heavy atom. The predicted molar refractivity (Wildman–Crippen MR) is 71.6 cm³/mol. The van der Waals surface area contributed by atoms with Crippen LogP contribution in [0.25, 0.3) is 0 Å². The zero-order chi connectivity index (χ0) is 14.0. The van der Waals surface area contributed by atoms with Crippen LogP contribution in [-0.4, -0.2) is 42.2 Å². The molecule has 1 fully saturated rings. The van der Waals surface area contributed by atoms with Gasteiger partial charge in [0.05, 0.1) is 17.4 Å². The molecule has 4 nitrogen and oxygen atoms in total. The van der Waals surface area contributed by atoms with Crippen molar-refractivity contribution < 1.29 is 14.3 Å². The molecule has 0 saturated carbocycles. The van der Waals surface area contributed by atoms with Crippen LogP contribution in [0.15, 0.2) is 18.2 Å². The quantitative estimate of drug-likeness (QED) is 0.857. The normalized spacial score (nSPS) is 23.3. The van der Waals surface area contributed by atoms with Crippen molar-refractivity contribution >= 4 is 11.6 Å². The number of hydrogen-bond donors (Lipinski definition) is 2. The third-order valence-electron chi connectivity index (χ3n) is 3.64. The van der Waals surface area contributed by atoms with Crippen molar-refractivity contribution in [2.45, 2.75) is 19.4 Å². The van der Waals surface area contributed by atoms with E-state index in [1.54, 1.807) is 18.0 Å². The van der Waals surface area contributed by atoms with Crippen molar-refractivity contribution in [1.29, 1.82) is 0 Å². The summed E-state index contributed by atoms with van der Waals surface area (Å²) in [6, 6.07) is 4.48. The monoisotopic (exact) mass is 266 g/mol. The van der Waals surface area contributed by atoms with Crippen molar-refractivity contribution in [2.24, 2.45) is 5.92 Å². The Morgan fingerprint density at radius 1 is 1.53 bits per heavy atom. The number of likely N-dealkylation sites (tertiary alicyclic amines) is 1. The van der Waals surface area contributed by atoms with Gasteiger partial charge >= 0.3 is 0 Å². The van der Waals surface area contributed by atoms with Gasteiger partial charge in [0.1, 0.15) is 5.82 Å². The van der Waals surface area contributed by atoms with E-state index in [0.717, 1.165) is 0 Å². The molecule has 0 radical (unpaired) electrons. The lowest BCUT2D eigenvalue weighted by atomic mass is 9.96. The largest absolute Gasteiger partial charge is 0.393 e. The van der Waals surface area contributed by atoms with Gasteiger partial charge in [-0.05, 0) is 24.5 Å². The lowest BCUT2D eigenvalue weighted by molar-refractivity contribution is 0.0298. The Kier molecular flexibility index (Phi) is 4.04. The first-order valence-corrected chi connectivity index (χ1v) is 6.48. The highest BCUT2D eigenvalue weighted by Crippen LogP contribution is 2.24. The molecule has 0 spiro atoms. The van der Waals surface area contributed by atoms with Crippen LogP contribution < -0.4 is 5.32 Å². The van der Waals surface area contributed by atoms with E-state index < -0.39 is 5.82 Å². The first-order valence-electron chi connectivity index (χ1n) is 6.48. The van der Waals surface area contributed by atoms with Gasteiger partial charge in [-0.1, -0.05) is 13.0 Å². The van der Waals surface area contributed by atoms with E-state index in [1.807, 2.05) is 6.92 Å². The second kappa shape index (κ2) is 5.57. The Bertz CT molecular complexity index is 479. The summed E-state index contributed by atoms with van der Waals surface area (Å²) < 4.78 is 13.6. The van der Waals surface area contributed by atoms with Gasteiger partial charge in [-0.15, -0.1) is 0 Å². The molecule has 0 aromatic heterocycles. The fourth-order valence-electron chi connectivity index (χ4n) is 2.44. The molecule has 1 heterocycles. The van der Waals surface area contributed by atoms with E-state index in [-0.39, 0.29) is 23.6 Å². The molecule has 2 rings (SSSR count). The zero-order valence-corrected chi connectivity index (χ0v) is 11.2. The van der Waals surface area contributed by atoms with Crippen LogP contribution in [0.1, 0.15) is 23.7 Å². The number of aliphatic hydroxyl groups is 1. The molecule has 0 bridgehead atoms. The summed E-state index contributed by atoms with van der Waals surface area (Å²) >= 11 is 0. The number of aliphatic hydroxyl groups excluding tert-OH is 1. The second-order valence-corrected chi connectivity index (χ2v) is 5.00. The topological polar surface area (TPSA) is 52.6 Å². The highest BCUT2D eigenvalue weighted by Gasteiger charge is 2.29. The number of benzene rings is 1. The Labute approximate surface area is 112 Å². The Hall–Kier alpha value is -1.62. The summed E-state index contributed by atoms with van der Waals surface area (Å²) in [7, 11) is 1.60. The minimum Gasteiger partial charge on any atom is -0.393 e. The molecule has 1 saturated heterocycles. The maximum absolute atomic E-state index is 13.6. The van der Waals surface area contributed by atoms with Gasteiger partial charge in [0, 0.05) is 20.1 Å². The van der Waals surface area contributed by atoms with Crippen LogP contribution in [0.3, 0.4) is 0 Å². The van der Waals surface area contributed by atoms with E-state index in [1.165, 1.54) is 12.1 Å². The Morgan fingerprint density at radius 2 is 2.26 bits per heavy atom. The predicted octanol–water partition coefficient (Wildman–Crippen LogP) is 1.71. The number of rotatable bonds is 2. The number of halogens is 1. The summed E-state index contributed by atoms with van der Waals surface area (Å²) in [5.74, 6) is -0.578. The molecule has 2 N–H and O–H groups in total. The molecule has 2 atom stereocenters. The smallest absolute Gasteiger partial charge is 0.256 e. The zero-order valence-electron chi connectivity index (χ0n) is 11.2. The molecular formula is C14H19FN2O2. The summed E-state index contributed by atoms with van der Waals surface area (Å²) in [6.07, 6.45) is 0.206. The summed E-state index contributed by atoms with van der Waals surface area (Å²) in [6.45, 7) is 2.92. The van der Waals surface area contributed by atoms with Crippen molar-refractivity contribution in [3.63, 3.8) is 0 Å². The minimum atomic E-state index is -0.432. The van der Waals surface area contributed by atoms with E-state index in [4.69, 9.17) is 0 Å². The van der Waals surface area contributed by atoms with Gasteiger partial charge in [0.25, 0.3) is 5.91 Å². The molecule has 104 valence electrons. The minimum absolute atomic E-state index is 0.0456.